The molecule has 16 heavy (non-hydrogen) atoms. The van der Waals surface area contributed by atoms with Gasteiger partial charge in [0.25, 0.3) is 0 Å². The van der Waals surface area contributed by atoms with Crippen molar-refractivity contribution in [2.45, 2.75) is 0 Å². The summed E-state index contributed by atoms with van der Waals surface area (Å²) in [6.45, 7) is 0. The number of anilines is 1. The Balaban J connectivity index is 2.36. The fraction of sp³-hybridized carbons (Fsp3) is 0. The number of hydrogen-bond acceptors (Lipinski definition) is 2. The van der Waals surface area contributed by atoms with Gasteiger partial charge in [-0.25, -0.2) is 4.98 Å². The number of pyridine rings is 1. The standard InChI is InChI=1S/C12H9ClN2O/c13-10-6-4-9(5-7-10)11-2-1-3-12(15-11)14-8-16/h1-8H,(H,14,15,16). The molecule has 0 aliphatic heterocycles. The van der Waals surface area contributed by atoms with E-state index in [-0.39, 0.29) is 0 Å². The van der Waals surface area contributed by atoms with E-state index in [4.69, 9.17) is 11.6 Å². The van der Waals surface area contributed by atoms with Gasteiger partial charge in [-0.05, 0) is 24.3 Å². The van der Waals surface area contributed by atoms with Gasteiger partial charge in [-0.1, -0.05) is 29.8 Å². The lowest BCUT2D eigenvalue weighted by Crippen LogP contribution is -1.97. The number of aromatic nitrogens is 1. The van der Waals surface area contributed by atoms with Crippen LogP contribution in [-0.2, 0) is 4.79 Å². The minimum atomic E-state index is 0.530. The van der Waals surface area contributed by atoms with Gasteiger partial charge in [-0.3, -0.25) is 4.79 Å². The molecule has 4 heteroatoms. The van der Waals surface area contributed by atoms with E-state index in [0.29, 0.717) is 17.3 Å². The van der Waals surface area contributed by atoms with Crippen LogP contribution in [0.1, 0.15) is 0 Å². The average Bonchev–Trinajstić information content (AvgIpc) is 2.31. The second-order valence-corrected chi connectivity index (χ2v) is 3.61. The predicted molar refractivity (Wildman–Crippen MR) is 64.4 cm³/mol. The molecule has 2 rings (SSSR count). The van der Waals surface area contributed by atoms with E-state index < -0.39 is 0 Å². The Hall–Kier alpha value is -1.87. The first-order chi connectivity index (χ1) is 7.79. The molecule has 0 radical (unpaired) electrons. The third-order valence-electron chi connectivity index (χ3n) is 2.10. The van der Waals surface area contributed by atoms with Gasteiger partial charge >= 0.3 is 0 Å². The van der Waals surface area contributed by atoms with Crippen molar-refractivity contribution >= 4 is 23.8 Å². The molecule has 0 fully saturated rings. The first-order valence-corrected chi connectivity index (χ1v) is 5.10. The quantitative estimate of drug-likeness (QED) is 0.827. The number of amides is 1. The van der Waals surface area contributed by atoms with Gasteiger partial charge in [0, 0.05) is 10.6 Å². The van der Waals surface area contributed by atoms with Crippen LogP contribution in [0.3, 0.4) is 0 Å². The summed E-state index contributed by atoms with van der Waals surface area (Å²) in [5.74, 6) is 0.530. The number of halogens is 1. The molecule has 2 aromatic rings. The van der Waals surface area contributed by atoms with Crippen molar-refractivity contribution in [1.82, 2.24) is 4.98 Å². The second kappa shape index (κ2) is 4.77. The SMILES string of the molecule is O=CNc1cccc(-c2ccc(Cl)cc2)n1. The highest BCUT2D eigenvalue weighted by molar-refractivity contribution is 6.30. The van der Waals surface area contributed by atoms with Gasteiger partial charge < -0.3 is 5.32 Å². The lowest BCUT2D eigenvalue weighted by molar-refractivity contribution is -0.105. The van der Waals surface area contributed by atoms with E-state index in [1.165, 1.54) is 0 Å². The maximum atomic E-state index is 10.3. The Kier molecular flexibility index (Phi) is 3.17. The molecular formula is C12H9ClN2O. The van der Waals surface area contributed by atoms with E-state index >= 15 is 0 Å². The summed E-state index contributed by atoms with van der Waals surface area (Å²) in [7, 11) is 0. The van der Waals surface area contributed by atoms with Crippen LogP contribution in [0.2, 0.25) is 5.02 Å². The van der Waals surface area contributed by atoms with Crippen molar-refractivity contribution in [3.05, 3.63) is 47.5 Å². The second-order valence-electron chi connectivity index (χ2n) is 3.18. The van der Waals surface area contributed by atoms with Crippen LogP contribution in [0.5, 0.6) is 0 Å². The summed E-state index contributed by atoms with van der Waals surface area (Å²) in [6, 6.07) is 12.8. The molecule has 1 heterocycles. The summed E-state index contributed by atoms with van der Waals surface area (Å²) in [5.41, 5.74) is 1.75. The van der Waals surface area contributed by atoms with Crippen LogP contribution in [0.4, 0.5) is 5.82 Å². The van der Waals surface area contributed by atoms with Gasteiger partial charge in [-0.2, -0.15) is 0 Å². The molecule has 3 nitrogen and oxygen atoms in total. The lowest BCUT2D eigenvalue weighted by atomic mass is 10.1. The Labute approximate surface area is 98.1 Å². The number of nitrogens with one attached hydrogen (secondary N) is 1. The normalized spacial score (nSPS) is 9.81. The molecule has 0 saturated carbocycles. The van der Waals surface area contributed by atoms with Crippen LogP contribution in [-0.4, -0.2) is 11.4 Å². The zero-order valence-corrected chi connectivity index (χ0v) is 9.11. The fourth-order valence-corrected chi connectivity index (χ4v) is 1.48. The van der Waals surface area contributed by atoms with E-state index in [1.807, 2.05) is 24.3 Å². The van der Waals surface area contributed by atoms with Crippen molar-refractivity contribution < 1.29 is 4.79 Å². The third-order valence-corrected chi connectivity index (χ3v) is 2.35. The van der Waals surface area contributed by atoms with Crippen molar-refractivity contribution in [2.75, 3.05) is 5.32 Å². The topological polar surface area (TPSA) is 42.0 Å². The molecular weight excluding hydrogens is 224 g/mol. The minimum absolute atomic E-state index is 0.530. The summed E-state index contributed by atoms with van der Waals surface area (Å²) >= 11 is 5.80. The first kappa shape index (κ1) is 10.6. The lowest BCUT2D eigenvalue weighted by Gasteiger charge is -2.03. The maximum absolute atomic E-state index is 10.3. The Morgan fingerprint density at radius 2 is 1.88 bits per heavy atom. The molecule has 0 aliphatic carbocycles. The molecule has 1 N–H and O–H groups in total. The fourth-order valence-electron chi connectivity index (χ4n) is 1.36. The zero-order chi connectivity index (χ0) is 11.4. The number of benzene rings is 1. The van der Waals surface area contributed by atoms with Crippen molar-refractivity contribution in [1.29, 1.82) is 0 Å². The van der Waals surface area contributed by atoms with Crippen LogP contribution < -0.4 is 5.32 Å². The number of carbonyl (C=O) groups is 1. The van der Waals surface area contributed by atoms with Gasteiger partial charge in [0.2, 0.25) is 6.41 Å². The van der Waals surface area contributed by atoms with Crippen LogP contribution in [0, 0.1) is 0 Å². The third kappa shape index (κ3) is 2.38. The van der Waals surface area contributed by atoms with Gasteiger partial charge in [-0.15, -0.1) is 0 Å². The summed E-state index contributed by atoms with van der Waals surface area (Å²) < 4.78 is 0. The predicted octanol–water partition coefficient (Wildman–Crippen LogP) is 2.97. The minimum Gasteiger partial charge on any atom is -0.313 e. The molecule has 80 valence electrons. The molecule has 0 aliphatic rings. The van der Waals surface area contributed by atoms with Crippen molar-refractivity contribution in [3.63, 3.8) is 0 Å². The molecule has 0 bridgehead atoms. The maximum Gasteiger partial charge on any atom is 0.212 e. The Bertz CT molecular complexity index is 497. The van der Waals surface area contributed by atoms with Crippen LogP contribution in [0.25, 0.3) is 11.3 Å². The first-order valence-electron chi connectivity index (χ1n) is 4.73. The van der Waals surface area contributed by atoms with Crippen molar-refractivity contribution in [3.8, 4) is 11.3 Å². The summed E-state index contributed by atoms with van der Waals surface area (Å²) in [4.78, 5) is 14.6. The molecule has 1 aromatic heterocycles. The highest BCUT2D eigenvalue weighted by atomic mass is 35.5. The highest BCUT2D eigenvalue weighted by Crippen LogP contribution is 2.20. The van der Waals surface area contributed by atoms with Gasteiger partial charge in [0.05, 0.1) is 5.69 Å². The molecule has 0 spiro atoms. The largest absolute Gasteiger partial charge is 0.313 e. The van der Waals surface area contributed by atoms with E-state index in [0.717, 1.165) is 11.3 Å². The average molecular weight is 233 g/mol. The van der Waals surface area contributed by atoms with Crippen LogP contribution >= 0.6 is 11.6 Å². The number of hydrogen-bond donors (Lipinski definition) is 1. The zero-order valence-electron chi connectivity index (χ0n) is 8.35. The van der Waals surface area contributed by atoms with Gasteiger partial charge in [0.15, 0.2) is 0 Å². The van der Waals surface area contributed by atoms with E-state index in [9.17, 15) is 4.79 Å². The molecule has 0 saturated heterocycles. The van der Waals surface area contributed by atoms with E-state index in [1.54, 1.807) is 18.2 Å². The highest BCUT2D eigenvalue weighted by Gasteiger charge is 2.00. The number of rotatable bonds is 3. The number of nitrogens with zero attached hydrogens (tertiary/aromatic N) is 1. The summed E-state index contributed by atoms with van der Waals surface area (Å²) in [5, 5.41) is 3.20. The molecule has 1 aromatic carbocycles. The molecule has 1 amide bonds. The van der Waals surface area contributed by atoms with Crippen LogP contribution in [0.15, 0.2) is 42.5 Å². The Morgan fingerprint density at radius 3 is 2.56 bits per heavy atom. The van der Waals surface area contributed by atoms with Gasteiger partial charge in [0.1, 0.15) is 5.82 Å². The smallest absolute Gasteiger partial charge is 0.212 e. The monoisotopic (exact) mass is 232 g/mol. The molecule has 0 atom stereocenters. The number of carbonyl (C=O) groups excluding carboxylic acids is 1. The van der Waals surface area contributed by atoms with Crippen molar-refractivity contribution in [2.24, 2.45) is 0 Å². The Morgan fingerprint density at radius 1 is 1.12 bits per heavy atom. The van der Waals surface area contributed by atoms with E-state index in [2.05, 4.69) is 10.3 Å². The molecule has 0 unspecified atom stereocenters. The summed E-state index contributed by atoms with van der Waals surface area (Å²) in [6.07, 6.45) is 0.605.